The molecule has 0 spiro atoms. The zero-order valence-corrected chi connectivity index (χ0v) is 33.9. The van der Waals surface area contributed by atoms with Gasteiger partial charge in [0.25, 0.3) is 0 Å². The van der Waals surface area contributed by atoms with Crippen LogP contribution in [0, 0.1) is 0 Å². The Hall–Kier alpha value is -8.81. The minimum Gasteiger partial charge on any atom is -0.456 e. The average Bonchev–Trinajstić information content (AvgIpc) is 4.13. The maximum absolute atomic E-state index is 6.40. The van der Waals surface area contributed by atoms with Crippen molar-refractivity contribution < 1.29 is 17.7 Å². The number of furan rings is 4. The standard InChI is InChI=1S/C57H31N3O4/c1-4-20-45-37(15-1)43-30-52-44(31-51(43)63-45)42-29-35(25-26-48(42)64-52)33-12-7-11-32(27-33)34-13-8-14-36(28-34)55-58-56(40-18-9-23-49-53(40)38-16-2-5-21-46(38)61-49)60-57(59-55)41-19-10-24-50-54(41)39-17-3-6-22-47(39)62-50/h1-31H. The lowest BCUT2D eigenvalue weighted by molar-refractivity contribution is 0.664. The number of hydrogen-bond acceptors (Lipinski definition) is 7. The third-order valence-corrected chi connectivity index (χ3v) is 12.5. The average molecular weight is 822 g/mol. The van der Waals surface area contributed by atoms with Gasteiger partial charge in [-0.15, -0.1) is 0 Å². The van der Waals surface area contributed by atoms with Gasteiger partial charge in [0, 0.05) is 59.8 Å². The van der Waals surface area contributed by atoms with Gasteiger partial charge in [-0.3, -0.25) is 0 Å². The van der Waals surface area contributed by atoms with E-state index in [1.54, 1.807) is 0 Å². The van der Waals surface area contributed by atoms with E-state index in [9.17, 15) is 0 Å². The van der Waals surface area contributed by atoms with Crippen LogP contribution in [0.2, 0.25) is 0 Å². The molecule has 0 atom stereocenters. The first kappa shape index (κ1) is 34.9. The van der Waals surface area contributed by atoms with Crippen molar-refractivity contribution in [2.24, 2.45) is 0 Å². The molecule has 0 fully saturated rings. The second-order valence-corrected chi connectivity index (χ2v) is 16.3. The first-order valence-corrected chi connectivity index (χ1v) is 21.2. The summed E-state index contributed by atoms with van der Waals surface area (Å²) in [5.74, 6) is 1.67. The molecule has 14 aromatic rings. The number of rotatable bonds is 5. The quantitative estimate of drug-likeness (QED) is 0.171. The second-order valence-electron chi connectivity index (χ2n) is 16.3. The van der Waals surface area contributed by atoms with Crippen LogP contribution in [0.3, 0.4) is 0 Å². The van der Waals surface area contributed by atoms with Crippen molar-refractivity contribution in [3.8, 4) is 56.4 Å². The summed E-state index contributed by atoms with van der Waals surface area (Å²) in [6, 6.07) is 64.1. The Kier molecular flexibility index (Phi) is 7.27. The topological polar surface area (TPSA) is 91.2 Å². The van der Waals surface area contributed by atoms with Gasteiger partial charge in [-0.1, -0.05) is 121 Å². The molecule has 298 valence electrons. The molecule has 0 bridgehead atoms. The van der Waals surface area contributed by atoms with Crippen LogP contribution >= 0.6 is 0 Å². The Morgan fingerprint density at radius 2 is 0.625 bits per heavy atom. The third-order valence-electron chi connectivity index (χ3n) is 12.5. The van der Waals surface area contributed by atoms with Crippen molar-refractivity contribution in [3.05, 3.63) is 188 Å². The number of fused-ring (bicyclic) bond motifs is 12. The van der Waals surface area contributed by atoms with Gasteiger partial charge in [0.1, 0.15) is 44.7 Å². The normalized spacial score (nSPS) is 12.1. The minimum absolute atomic E-state index is 0.553. The minimum atomic E-state index is 0.553. The zero-order chi connectivity index (χ0) is 41.9. The number of nitrogens with zero attached hydrogens (tertiary/aromatic N) is 3. The highest BCUT2D eigenvalue weighted by Gasteiger charge is 2.21. The van der Waals surface area contributed by atoms with Gasteiger partial charge in [0.2, 0.25) is 0 Å². The first-order chi connectivity index (χ1) is 31.7. The SMILES string of the molecule is c1cc(-c2cccc(-c3nc(-c4cccc5oc6ccccc6c45)nc(-c4cccc5oc6ccccc6c45)n3)c2)cc(-c2ccc3oc4cc5c(cc4c3c2)oc2ccccc25)c1. The predicted octanol–water partition coefficient (Wildman–Crippen LogP) is 15.8. The molecule has 0 saturated carbocycles. The van der Waals surface area contributed by atoms with Crippen LogP contribution in [-0.2, 0) is 0 Å². The summed E-state index contributed by atoms with van der Waals surface area (Å²) in [4.78, 5) is 15.7. The van der Waals surface area contributed by atoms with Crippen molar-refractivity contribution in [2.45, 2.75) is 0 Å². The van der Waals surface area contributed by atoms with Crippen LogP contribution in [0.4, 0.5) is 0 Å². The zero-order valence-electron chi connectivity index (χ0n) is 33.9. The molecule has 0 aliphatic rings. The lowest BCUT2D eigenvalue weighted by atomic mass is 9.97. The molecule has 0 aliphatic heterocycles. The van der Waals surface area contributed by atoms with Gasteiger partial charge in [-0.25, -0.2) is 15.0 Å². The summed E-state index contributed by atoms with van der Waals surface area (Å²) in [7, 11) is 0. The first-order valence-electron chi connectivity index (χ1n) is 21.2. The molecule has 0 N–H and O–H groups in total. The highest BCUT2D eigenvalue weighted by Crippen LogP contribution is 2.41. The molecule has 0 amide bonds. The Morgan fingerprint density at radius 3 is 1.22 bits per heavy atom. The van der Waals surface area contributed by atoms with E-state index in [0.29, 0.717) is 17.5 Å². The van der Waals surface area contributed by atoms with Crippen LogP contribution in [-0.4, -0.2) is 15.0 Å². The number of benzene rings is 9. The highest BCUT2D eigenvalue weighted by molar-refractivity contribution is 6.16. The molecule has 5 heterocycles. The fraction of sp³-hybridized carbons (Fsp3) is 0. The molecule has 0 saturated heterocycles. The van der Waals surface area contributed by atoms with Crippen LogP contribution in [0.1, 0.15) is 0 Å². The van der Waals surface area contributed by atoms with Crippen LogP contribution in [0.25, 0.3) is 144 Å². The van der Waals surface area contributed by atoms with Crippen molar-refractivity contribution in [3.63, 3.8) is 0 Å². The van der Waals surface area contributed by atoms with E-state index in [-0.39, 0.29) is 0 Å². The fourth-order valence-electron chi connectivity index (χ4n) is 9.56. The second kappa shape index (κ2) is 13.3. The van der Waals surface area contributed by atoms with E-state index >= 15 is 0 Å². The molecule has 0 unspecified atom stereocenters. The predicted molar refractivity (Wildman–Crippen MR) is 256 cm³/mol. The maximum atomic E-state index is 6.40. The molecular formula is C57H31N3O4. The Labute approximate surface area is 363 Å². The lowest BCUT2D eigenvalue weighted by Crippen LogP contribution is -2.01. The summed E-state index contributed by atoms with van der Waals surface area (Å²) in [6.07, 6.45) is 0. The summed E-state index contributed by atoms with van der Waals surface area (Å²) in [5, 5.41) is 8.13. The fourth-order valence-corrected chi connectivity index (χ4v) is 9.56. The highest BCUT2D eigenvalue weighted by atomic mass is 16.3. The van der Waals surface area contributed by atoms with Crippen molar-refractivity contribution in [1.29, 1.82) is 0 Å². The van der Waals surface area contributed by atoms with Crippen LogP contribution in [0.15, 0.2) is 206 Å². The van der Waals surface area contributed by atoms with Gasteiger partial charge in [0.05, 0.1) is 0 Å². The number of hydrogen-bond donors (Lipinski definition) is 0. The Morgan fingerprint density at radius 1 is 0.234 bits per heavy atom. The lowest BCUT2D eigenvalue weighted by Gasteiger charge is -2.11. The van der Waals surface area contributed by atoms with Gasteiger partial charge >= 0.3 is 0 Å². The Bertz CT molecular complexity index is 4090. The summed E-state index contributed by atoms with van der Waals surface area (Å²) in [5.41, 5.74) is 13.4. The van der Waals surface area contributed by atoms with Crippen LogP contribution in [0.5, 0.6) is 0 Å². The van der Waals surface area contributed by atoms with E-state index in [1.165, 1.54) is 0 Å². The largest absolute Gasteiger partial charge is 0.456 e. The summed E-state index contributed by atoms with van der Waals surface area (Å²) >= 11 is 0. The van der Waals surface area contributed by atoms with E-state index in [0.717, 1.165) is 127 Å². The monoisotopic (exact) mass is 821 g/mol. The number of para-hydroxylation sites is 3. The smallest absolute Gasteiger partial charge is 0.164 e. The Balaban J connectivity index is 0.905. The van der Waals surface area contributed by atoms with Gasteiger partial charge in [-0.2, -0.15) is 0 Å². The van der Waals surface area contributed by atoms with Crippen molar-refractivity contribution in [2.75, 3.05) is 0 Å². The van der Waals surface area contributed by atoms with E-state index in [2.05, 4.69) is 109 Å². The van der Waals surface area contributed by atoms with E-state index in [1.807, 2.05) is 78.9 Å². The molecule has 64 heavy (non-hydrogen) atoms. The van der Waals surface area contributed by atoms with Gasteiger partial charge in [-0.05, 0) is 89.0 Å². The van der Waals surface area contributed by atoms with E-state index in [4.69, 9.17) is 32.6 Å². The van der Waals surface area contributed by atoms with Gasteiger partial charge < -0.3 is 17.7 Å². The number of aromatic nitrogens is 3. The molecule has 9 aromatic carbocycles. The van der Waals surface area contributed by atoms with Crippen molar-refractivity contribution >= 4 is 87.8 Å². The van der Waals surface area contributed by atoms with Crippen molar-refractivity contribution in [1.82, 2.24) is 15.0 Å². The molecule has 0 aliphatic carbocycles. The van der Waals surface area contributed by atoms with E-state index < -0.39 is 0 Å². The molecular weight excluding hydrogens is 791 g/mol. The molecule has 14 rings (SSSR count). The molecule has 5 aromatic heterocycles. The maximum Gasteiger partial charge on any atom is 0.164 e. The molecule has 7 heteroatoms. The van der Waals surface area contributed by atoms with Crippen LogP contribution < -0.4 is 0 Å². The molecule has 0 radical (unpaired) electrons. The van der Waals surface area contributed by atoms with Gasteiger partial charge in [0.15, 0.2) is 17.5 Å². The molecule has 7 nitrogen and oxygen atoms in total. The third kappa shape index (κ3) is 5.31. The summed E-state index contributed by atoms with van der Waals surface area (Å²) < 4.78 is 25.3. The summed E-state index contributed by atoms with van der Waals surface area (Å²) in [6.45, 7) is 0.